The summed E-state index contributed by atoms with van der Waals surface area (Å²) >= 11 is 0. The molecule has 7 heteroatoms. The molecular weight excluding hydrogens is 324 g/mol. The lowest BCUT2D eigenvalue weighted by molar-refractivity contribution is -0.384. The number of anilines is 1. The number of amides is 2. The third-order valence-corrected chi connectivity index (χ3v) is 4.84. The van der Waals surface area contributed by atoms with E-state index < -0.39 is 22.0 Å². The van der Waals surface area contributed by atoms with Crippen molar-refractivity contribution in [3.8, 4) is 0 Å². The Kier molecular flexibility index (Phi) is 4.05. The van der Waals surface area contributed by atoms with Crippen LogP contribution in [0.15, 0.2) is 18.2 Å². The summed E-state index contributed by atoms with van der Waals surface area (Å²) in [6.45, 7) is 5.20. The van der Waals surface area contributed by atoms with Gasteiger partial charge in [-0.25, -0.2) is 9.69 Å². The lowest BCUT2D eigenvalue weighted by Gasteiger charge is -2.32. The molecule has 1 saturated carbocycles. The minimum atomic E-state index is -0.851. The lowest BCUT2D eigenvalue weighted by atomic mass is 9.70. The highest BCUT2D eigenvalue weighted by Gasteiger charge is 2.54. The van der Waals surface area contributed by atoms with Crippen LogP contribution in [0.5, 0.6) is 0 Å². The molecule has 3 rings (SSSR count). The van der Waals surface area contributed by atoms with Crippen molar-refractivity contribution in [1.82, 2.24) is 0 Å². The fourth-order valence-corrected chi connectivity index (χ4v) is 3.78. The number of non-ortho nitro benzene ring substituents is 1. The van der Waals surface area contributed by atoms with Gasteiger partial charge in [0.1, 0.15) is 5.60 Å². The topological polar surface area (TPSA) is 89.8 Å². The van der Waals surface area contributed by atoms with Gasteiger partial charge in [0.05, 0.1) is 16.0 Å². The maximum absolute atomic E-state index is 13.2. The lowest BCUT2D eigenvalue weighted by Crippen LogP contribution is -2.46. The van der Waals surface area contributed by atoms with Gasteiger partial charge in [-0.2, -0.15) is 0 Å². The summed E-state index contributed by atoms with van der Waals surface area (Å²) in [5, 5.41) is 11.2. The fraction of sp³-hybridized carbons (Fsp3) is 0.556. The number of hydrogen-bond acceptors (Lipinski definition) is 5. The van der Waals surface area contributed by atoms with Crippen LogP contribution in [0.2, 0.25) is 0 Å². The minimum Gasteiger partial charge on any atom is -0.443 e. The molecule has 0 atom stereocenters. The van der Waals surface area contributed by atoms with Crippen molar-refractivity contribution < 1.29 is 19.2 Å². The number of hydrogen-bond donors (Lipinski definition) is 0. The standard InChI is InChI=1S/C18H22N2O5/c1-17(2,3)25-16(22)19-14-8-7-12(20(23)24)11-13(14)18(15(19)21)9-5-4-6-10-18/h7-8,11H,4-6,9-10H2,1-3H3. The highest BCUT2D eigenvalue weighted by molar-refractivity contribution is 6.21. The van der Waals surface area contributed by atoms with Crippen molar-refractivity contribution in [2.45, 2.75) is 63.9 Å². The van der Waals surface area contributed by atoms with Crippen LogP contribution in [-0.4, -0.2) is 22.5 Å². The summed E-state index contributed by atoms with van der Waals surface area (Å²) in [5.74, 6) is -0.322. The summed E-state index contributed by atoms with van der Waals surface area (Å²) in [7, 11) is 0. The summed E-state index contributed by atoms with van der Waals surface area (Å²) < 4.78 is 5.39. The first-order chi connectivity index (χ1) is 11.7. The highest BCUT2D eigenvalue weighted by atomic mass is 16.6. The maximum atomic E-state index is 13.2. The molecule has 2 aliphatic rings. The molecular formula is C18H22N2O5. The molecule has 1 aliphatic heterocycles. The van der Waals surface area contributed by atoms with Crippen LogP contribution in [-0.2, 0) is 14.9 Å². The highest BCUT2D eigenvalue weighted by Crippen LogP contribution is 2.51. The monoisotopic (exact) mass is 346 g/mol. The van der Waals surface area contributed by atoms with Gasteiger partial charge in [-0.15, -0.1) is 0 Å². The number of nitro groups is 1. The number of ether oxygens (including phenoxy) is 1. The van der Waals surface area contributed by atoms with Gasteiger partial charge < -0.3 is 4.74 Å². The predicted molar refractivity (Wildman–Crippen MR) is 91.6 cm³/mol. The zero-order valence-corrected chi connectivity index (χ0v) is 14.7. The molecule has 0 saturated heterocycles. The van der Waals surface area contributed by atoms with Crippen LogP contribution >= 0.6 is 0 Å². The largest absolute Gasteiger partial charge is 0.443 e. The molecule has 0 aromatic heterocycles. The van der Waals surface area contributed by atoms with Gasteiger partial charge in [0, 0.05) is 12.1 Å². The van der Waals surface area contributed by atoms with Crippen molar-refractivity contribution >= 4 is 23.4 Å². The number of carbonyl (C=O) groups excluding carboxylic acids is 2. The van der Waals surface area contributed by atoms with Gasteiger partial charge in [-0.1, -0.05) is 19.3 Å². The normalized spacial score (nSPS) is 19.0. The molecule has 25 heavy (non-hydrogen) atoms. The molecule has 0 N–H and O–H groups in total. The van der Waals surface area contributed by atoms with E-state index in [1.165, 1.54) is 18.2 Å². The SMILES string of the molecule is CC(C)(C)OC(=O)N1C(=O)C2(CCCCC2)c2cc([N+](=O)[O-])ccc21. The van der Waals surface area contributed by atoms with E-state index in [-0.39, 0.29) is 11.6 Å². The van der Waals surface area contributed by atoms with E-state index in [0.717, 1.165) is 24.2 Å². The number of imide groups is 1. The van der Waals surface area contributed by atoms with Crippen LogP contribution < -0.4 is 4.90 Å². The van der Waals surface area contributed by atoms with E-state index >= 15 is 0 Å². The predicted octanol–water partition coefficient (Wildman–Crippen LogP) is 4.08. The Balaban J connectivity index is 2.11. The fourth-order valence-electron chi connectivity index (χ4n) is 3.78. The van der Waals surface area contributed by atoms with E-state index in [2.05, 4.69) is 0 Å². The van der Waals surface area contributed by atoms with Gasteiger partial charge in [0.2, 0.25) is 5.91 Å². The third-order valence-electron chi connectivity index (χ3n) is 4.84. The summed E-state index contributed by atoms with van der Waals surface area (Å²) in [5.41, 5.74) is -0.663. The Hall–Kier alpha value is -2.44. The first-order valence-electron chi connectivity index (χ1n) is 8.52. The molecule has 0 bridgehead atoms. The number of nitro benzene ring substituents is 1. The Morgan fingerprint density at radius 3 is 2.44 bits per heavy atom. The molecule has 2 amide bonds. The van der Waals surface area contributed by atoms with Crippen LogP contribution in [0, 0.1) is 10.1 Å². The molecule has 0 unspecified atom stereocenters. The quantitative estimate of drug-likeness (QED) is 0.564. The van der Waals surface area contributed by atoms with E-state index in [0.29, 0.717) is 24.1 Å². The number of fused-ring (bicyclic) bond motifs is 2. The number of carbonyl (C=O) groups is 2. The van der Waals surface area contributed by atoms with E-state index in [9.17, 15) is 19.7 Å². The second kappa shape index (κ2) is 5.82. The van der Waals surface area contributed by atoms with Crippen LogP contribution in [0.25, 0.3) is 0 Å². The molecule has 1 aliphatic carbocycles. The second-order valence-electron chi connectivity index (χ2n) is 7.72. The average Bonchev–Trinajstić information content (AvgIpc) is 2.75. The maximum Gasteiger partial charge on any atom is 0.421 e. The van der Waals surface area contributed by atoms with Crippen LogP contribution in [0.3, 0.4) is 0 Å². The van der Waals surface area contributed by atoms with Gasteiger partial charge in [-0.05, 0) is 45.2 Å². The Bertz CT molecular complexity index is 744. The molecule has 1 aromatic rings. The van der Waals surface area contributed by atoms with Crippen molar-refractivity contribution in [2.75, 3.05) is 4.90 Å². The Morgan fingerprint density at radius 1 is 1.24 bits per heavy atom. The van der Waals surface area contributed by atoms with E-state index in [1.54, 1.807) is 20.8 Å². The van der Waals surface area contributed by atoms with E-state index in [1.807, 2.05) is 0 Å². The number of rotatable bonds is 1. The van der Waals surface area contributed by atoms with Crippen molar-refractivity contribution in [2.24, 2.45) is 0 Å². The Morgan fingerprint density at radius 2 is 1.88 bits per heavy atom. The first kappa shape index (κ1) is 17.4. The van der Waals surface area contributed by atoms with Crippen molar-refractivity contribution in [3.63, 3.8) is 0 Å². The number of benzene rings is 1. The molecule has 1 aromatic carbocycles. The third kappa shape index (κ3) is 2.88. The average molecular weight is 346 g/mol. The molecule has 1 spiro atoms. The molecule has 134 valence electrons. The zero-order valence-electron chi connectivity index (χ0n) is 14.7. The summed E-state index contributed by atoms with van der Waals surface area (Å²) in [4.78, 5) is 37.6. The van der Waals surface area contributed by atoms with Crippen LogP contribution in [0.4, 0.5) is 16.2 Å². The first-order valence-corrected chi connectivity index (χ1v) is 8.52. The molecule has 1 fully saturated rings. The summed E-state index contributed by atoms with van der Waals surface area (Å²) in [6.07, 6.45) is 3.20. The second-order valence-corrected chi connectivity index (χ2v) is 7.72. The molecule has 1 heterocycles. The molecule has 0 radical (unpaired) electrons. The molecule has 7 nitrogen and oxygen atoms in total. The van der Waals surface area contributed by atoms with Gasteiger partial charge in [-0.3, -0.25) is 14.9 Å². The van der Waals surface area contributed by atoms with Gasteiger partial charge >= 0.3 is 6.09 Å². The van der Waals surface area contributed by atoms with Gasteiger partial charge in [0.25, 0.3) is 5.69 Å². The zero-order chi connectivity index (χ0) is 18.4. The summed E-state index contributed by atoms with van der Waals surface area (Å²) in [6, 6.07) is 4.26. The Labute approximate surface area is 146 Å². The van der Waals surface area contributed by atoms with E-state index in [4.69, 9.17) is 4.74 Å². The number of nitrogens with zero attached hydrogens (tertiary/aromatic N) is 2. The van der Waals surface area contributed by atoms with Crippen LogP contribution in [0.1, 0.15) is 58.4 Å². The minimum absolute atomic E-state index is 0.0671. The van der Waals surface area contributed by atoms with Crippen molar-refractivity contribution in [1.29, 1.82) is 0 Å². The smallest absolute Gasteiger partial charge is 0.421 e. The van der Waals surface area contributed by atoms with Crippen molar-refractivity contribution in [3.05, 3.63) is 33.9 Å². The van der Waals surface area contributed by atoms with Gasteiger partial charge in [0.15, 0.2) is 0 Å².